The minimum atomic E-state index is 0.337. The third-order valence-electron chi connectivity index (χ3n) is 3.19. The molecule has 4 heteroatoms. The lowest BCUT2D eigenvalue weighted by atomic mass is 10.1. The van der Waals surface area contributed by atoms with Gasteiger partial charge in [-0.1, -0.05) is 18.2 Å². The van der Waals surface area contributed by atoms with Crippen molar-refractivity contribution in [1.29, 1.82) is 0 Å². The Kier molecular flexibility index (Phi) is 4.96. The summed E-state index contributed by atoms with van der Waals surface area (Å²) < 4.78 is 10.8. The third kappa shape index (κ3) is 3.71. The first kappa shape index (κ1) is 14.3. The molecule has 1 aromatic carbocycles. The zero-order valence-electron chi connectivity index (χ0n) is 12.1. The molecular formula is C16H20N2O2. The van der Waals surface area contributed by atoms with Crippen molar-refractivity contribution >= 4 is 0 Å². The number of hydrogen-bond donors (Lipinski definition) is 1. The van der Waals surface area contributed by atoms with E-state index < -0.39 is 0 Å². The molecule has 1 aromatic heterocycles. The van der Waals surface area contributed by atoms with Crippen LogP contribution in [-0.2, 0) is 6.61 Å². The molecule has 0 amide bonds. The van der Waals surface area contributed by atoms with E-state index in [0.29, 0.717) is 18.5 Å². The number of nitrogens with one attached hydrogen (secondary N) is 1. The summed E-state index contributed by atoms with van der Waals surface area (Å²) in [5, 5.41) is 3.21. The van der Waals surface area contributed by atoms with E-state index in [1.165, 1.54) is 5.56 Å². The van der Waals surface area contributed by atoms with Crippen LogP contribution in [0.4, 0.5) is 0 Å². The van der Waals surface area contributed by atoms with Gasteiger partial charge in [-0.05, 0) is 37.7 Å². The van der Waals surface area contributed by atoms with Crippen LogP contribution in [0.5, 0.6) is 11.6 Å². The van der Waals surface area contributed by atoms with Gasteiger partial charge >= 0.3 is 0 Å². The van der Waals surface area contributed by atoms with Crippen molar-refractivity contribution in [2.75, 3.05) is 14.2 Å². The highest BCUT2D eigenvalue weighted by atomic mass is 16.5. The van der Waals surface area contributed by atoms with Crippen molar-refractivity contribution in [3.8, 4) is 11.6 Å². The van der Waals surface area contributed by atoms with E-state index in [1.807, 2.05) is 37.4 Å². The molecule has 0 saturated heterocycles. The lowest BCUT2D eigenvalue weighted by molar-refractivity contribution is 0.298. The minimum Gasteiger partial charge on any atom is -0.487 e. The molecule has 0 spiro atoms. The highest BCUT2D eigenvalue weighted by Crippen LogP contribution is 2.18. The fourth-order valence-corrected chi connectivity index (χ4v) is 1.83. The molecule has 20 heavy (non-hydrogen) atoms. The fraction of sp³-hybridized carbons (Fsp3) is 0.312. The van der Waals surface area contributed by atoms with E-state index in [0.717, 1.165) is 11.4 Å². The van der Waals surface area contributed by atoms with E-state index >= 15 is 0 Å². The van der Waals surface area contributed by atoms with Gasteiger partial charge in [0.1, 0.15) is 12.4 Å². The fourth-order valence-electron chi connectivity index (χ4n) is 1.83. The highest BCUT2D eigenvalue weighted by molar-refractivity contribution is 5.29. The molecule has 0 aliphatic carbocycles. The summed E-state index contributed by atoms with van der Waals surface area (Å²) in [6.07, 6.45) is 0. The Bertz CT molecular complexity index is 540. The van der Waals surface area contributed by atoms with Crippen LogP contribution in [0.2, 0.25) is 0 Å². The third-order valence-corrected chi connectivity index (χ3v) is 3.19. The number of methoxy groups -OCH3 is 1. The Balaban J connectivity index is 1.96. The Labute approximate surface area is 119 Å². The predicted molar refractivity (Wildman–Crippen MR) is 79.0 cm³/mol. The summed E-state index contributed by atoms with van der Waals surface area (Å²) >= 11 is 0. The molecule has 1 atom stereocenters. The second kappa shape index (κ2) is 6.91. The van der Waals surface area contributed by atoms with Gasteiger partial charge in [0.25, 0.3) is 0 Å². The van der Waals surface area contributed by atoms with Gasteiger partial charge in [0.2, 0.25) is 5.88 Å². The monoisotopic (exact) mass is 272 g/mol. The molecule has 0 fully saturated rings. The van der Waals surface area contributed by atoms with E-state index in [4.69, 9.17) is 9.47 Å². The average Bonchev–Trinajstić information content (AvgIpc) is 2.53. The number of ether oxygens (including phenoxy) is 2. The maximum absolute atomic E-state index is 5.72. The van der Waals surface area contributed by atoms with E-state index in [-0.39, 0.29) is 0 Å². The van der Waals surface area contributed by atoms with E-state index in [2.05, 4.69) is 29.4 Å². The molecule has 2 aromatic rings. The first-order valence-corrected chi connectivity index (χ1v) is 6.63. The number of nitrogens with zero attached hydrogens (tertiary/aromatic N) is 1. The van der Waals surface area contributed by atoms with Gasteiger partial charge in [0, 0.05) is 12.1 Å². The first-order valence-electron chi connectivity index (χ1n) is 6.63. The molecule has 106 valence electrons. The molecule has 4 nitrogen and oxygen atoms in total. The molecule has 2 rings (SSSR count). The lowest BCUT2D eigenvalue weighted by Crippen LogP contribution is -2.11. The molecule has 0 aliphatic heterocycles. The van der Waals surface area contributed by atoms with Gasteiger partial charge in [0.15, 0.2) is 0 Å². The van der Waals surface area contributed by atoms with Crippen molar-refractivity contribution in [2.45, 2.75) is 19.6 Å². The number of benzene rings is 1. The van der Waals surface area contributed by atoms with Crippen molar-refractivity contribution < 1.29 is 9.47 Å². The van der Waals surface area contributed by atoms with Gasteiger partial charge in [0.05, 0.1) is 12.8 Å². The number of pyridine rings is 1. The smallest absolute Gasteiger partial charge is 0.213 e. The van der Waals surface area contributed by atoms with Crippen molar-refractivity contribution in [1.82, 2.24) is 10.3 Å². The van der Waals surface area contributed by atoms with Crippen LogP contribution in [-0.4, -0.2) is 19.1 Å². The topological polar surface area (TPSA) is 43.4 Å². The summed E-state index contributed by atoms with van der Waals surface area (Å²) in [4.78, 5) is 4.31. The number of rotatable bonds is 6. The summed E-state index contributed by atoms with van der Waals surface area (Å²) in [6.45, 7) is 2.55. The highest BCUT2D eigenvalue weighted by Gasteiger charge is 2.03. The summed E-state index contributed by atoms with van der Waals surface area (Å²) in [5.41, 5.74) is 2.08. The Morgan fingerprint density at radius 1 is 1.15 bits per heavy atom. The molecule has 0 radical (unpaired) electrons. The van der Waals surface area contributed by atoms with Crippen LogP contribution in [0.3, 0.4) is 0 Å². The van der Waals surface area contributed by atoms with Gasteiger partial charge < -0.3 is 14.8 Å². The summed E-state index contributed by atoms with van der Waals surface area (Å²) in [6, 6.07) is 14.1. The van der Waals surface area contributed by atoms with Gasteiger partial charge in [-0.15, -0.1) is 0 Å². The van der Waals surface area contributed by atoms with Crippen LogP contribution in [0.1, 0.15) is 24.2 Å². The Morgan fingerprint density at radius 2 is 1.90 bits per heavy atom. The molecule has 0 bridgehead atoms. The molecule has 0 saturated carbocycles. The van der Waals surface area contributed by atoms with Crippen molar-refractivity contribution in [3.05, 3.63) is 53.7 Å². The van der Waals surface area contributed by atoms with Crippen LogP contribution >= 0.6 is 0 Å². The molecule has 1 unspecified atom stereocenters. The van der Waals surface area contributed by atoms with Crippen LogP contribution in [0.15, 0.2) is 42.5 Å². The van der Waals surface area contributed by atoms with Crippen LogP contribution in [0.25, 0.3) is 0 Å². The second-order valence-corrected chi connectivity index (χ2v) is 4.54. The van der Waals surface area contributed by atoms with Crippen molar-refractivity contribution in [3.63, 3.8) is 0 Å². The lowest BCUT2D eigenvalue weighted by Gasteiger charge is -2.11. The van der Waals surface area contributed by atoms with Gasteiger partial charge in [-0.2, -0.15) is 0 Å². The minimum absolute atomic E-state index is 0.337. The zero-order valence-corrected chi connectivity index (χ0v) is 12.1. The predicted octanol–water partition coefficient (Wildman–Crippen LogP) is 2.95. The van der Waals surface area contributed by atoms with Gasteiger partial charge in [-0.25, -0.2) is 4.98 Å². The molecule has 0 aliphatic rings. The zero-order chi connectivity index (χ0) is 14.4. The SMILES string of the molecule is CNC(C)c1ccc(OCc2cccc(OC)n2)cc1. The first-order chi connectivity index (χ1) is 9.72. The maximum Gasteiger partial charge on any atom is 0.213 e. The quantitative estimate of drug-likeness (QED) is 0.878. The van der Waals surface area contributed by atoms with Crippen LogP contribution < -0.4 is 14.8 Å². The second-order valence-electron chi connectivity index (χ2n) is 4.54. The van der Waals surface area contributed by atoms with E-state index in [9.17, 15) is 0 Å². The molecular weight excluding hydrogens is 252 g/mol. The normalized spacial score (nSPS) is 11.9. The standard InChI is InChI=1S/C16H20N2O2/c1-12(17-2)13-7-9-15(10-8-13)20-11-14-5-4-6-16(18-14)19-3/h4-10,12,17H,11H2,1-3H3. The maximum atomic E-state index is 5.72. The number of hydrogen-bond acceptors (Lipinski definition) is 4. The summed E-state index contributed by atoms with van der Waals surface area (Å²) in [7, 11) is 3.55. The average molecular weight is 272 g/mol. The number of aromatic nitrogens is 1. The van der Waals surface area contributed by atoms with Gasteiger partial charge in [-0.3, -0.25) is 0 Å². The Hall–Kier alpha value is -2.07. The Morgan fingerprint density at radius 3 is 2.55 bits per heavy atom. The van der Waals surface area contributed by atoms with Crippen LogP contribution in [0, 0.1) is 0 Å². The molecule has 1 N–H and O–H groups in total. The molecule has 1 heterocycles. The van der Waals surface area contributed by atoms with Crippen molar-refractivity contribution in [2.24, 2.45) is 0 Å². The van der Waals surface area contributed by atoms with E-state index in [1.54, 1.807) is 7.11 Å². The largest absolute Gasteiger partial charge is 0.487 e. The summed E-state index contributed by atoms with van der Waals surface area (Å²) in [5.74, 6) is 1.44.